The number of carbonyl (C=O) groups is 3. The molecule has 0 spiro atoms. The van der Waals surface area contributed by atoms with Gasteiger partial charge < -0.3 is 15.3 Å². The molecule has 9 heteroatoms. The van der Waals surface area contributed by atoms with Crippen LogP contribution in [0.1, 0.15) is 46.5 Å². The summed E-state index contributed by atoms with van der Waals surface area (Å²) in [5.41, 5.74) is -1.77. The zero-order valence-corrected chi connectivity index (χ0v) is 16.7. The third-order valence-electron chi connectivity index (χ3n) is 4.81. The first-order chi connectivity index (χ1) is 10.8. The maximum atomic E-state index is 11.2. The minimum Gasteiger partial charge on any atom is -0.481 e. The van der Waals surface area contributed by atoms with E-state index < -0.39 is 44.5 Å². The summed E-state index contributed by atoms with van der Waals surface area (Å²) in [6, 6.07) is 0. The van der Waals surface area contributed by atoms with Gasteiger partial charge >= 0.3 is 17.9 Å². The molecule has 0 saturated carbocycles. The van der Waals surface area contributed by atoms with Crippen molar-refractivity contribution in [2.24, 2.45) is 10.8 Å². The third kappa shape index (κ3) is 5.23. The second-order valence-electron chi connectivity index (χ2n) is 6.51. The summed E-state index contributed by atoms with van der Waals surface area (Å²) in [6.45, 7) is 5.56. The van der Waals surface area contributed by atoms with Crippen LogP contribution in [-0.4, -0.2) is 49.0 Å². The largest absolute Gasteiger partial charge is 0.481 e. The quantitative estimate of drug-likeness (QED) is 0.299. The molecule has 0 aromatic carbocycles. The molecule has 0 amide bonds. The van der Waals surface area contributed by atoms with Gasteiger partial charge in [0.15, 0.2) is 0 Å². The molecule has 0 aromatic rings. The fourth-order valence-corrected chi connectivity index (χ4v) is 6.28. The van der Waals surface area contributed by atoms with Gasteiger partial charge in [-0.15, -0.1) is 0 Å². The Morgan fingerprint density at radius 3 is 1.21 bits per heavy atom. The van der Waals surface area contributed by atoms with Crippen molar-refractivity contribution in [3.63, 3.8) is 0 Å². The van der Waals surface area contributed by atoms with Crippen molar-refractivity contribution >= 4 is 55.8 Å². The van der Waals surface area contributed by atoms with Crippen LogP contribution in [-0.2, 0) is 14.4 Å². The van der Waals surface area contributed by atoms with Crippen molar-refractivity contribution in [3.8, 4) is 0 Å². The van der Waals surface area contributed by atoms with Gasteiger partial charge in [-0.2, -0.15) is 37.9 Å². The number of aliphatic carboxylic acids is 3. The molecule has 0 saturated heterocycles. The van der Waals surface area contributed by atoms with Crippen molar-refractivity contribution in [3.05, 3.63) is 0 Å². The van der Waals surface area contributed by atoms with Crippen molar-refractivity contribution in [2.75, 3.05) is 0 Å². The van der Waals surface area contributed by atoms with Gasteiger partial charge in [-0.1, -0.05) is 27.2 Å². The van der Waals surface area contributed by atoms with E-state index in [1.54, 1.807) is 0 Å². The first-order valence-electron chi connectivity index (χ1n) is 7.52. The second-order valence-corrected chi connectivity index (χ2v) is 8.38. The van der Waals surface area contributed by atoms with Gasteiger partial charge in [0, 0.05) is 21.2 Å². The Bertz CT molecular complexity index is 425. The second kappa shape index (κ2) is 9.24. The lowest BCUT2D eigenvalue weighted by molar-refractivity contribution is -0.139. The number of hydrogen-bond donors (Lipinski definition) is 6. The molecule has 6 nitrogen and oxygen atoms in total. The highest BCUT2D eigenvalue weighted by atomic mass is 32.1. The first-order valence-corrected chi connectivity index (χ1v) is 9.07. The monoisotopic (exact) mass is 398 g/mol. The standard InChI is InChI=1S/C15H26O6S3/c1-4-14(2,3)15(8(22)5-11(16)17,9(23)6-12(18)19)10(24)7-13(20)21/h8-10,22-24H,4-7H2,1-3H3,(H,16,17)(H,18,19)(H,20,21). The Kier molecular flexibility index (Phi) is 9.03. The Morgan fingerprint density at radius 1 is 0.792 bits per heavy atom. The zero-order valence-electron chi connectivity index (χ0n) is 14.0. The molecule has 0 aliphatic carbocycles. The van der Waals surface area contributed by atoms with Gasteiger partial charge in [-0.3, -0.25) is 14.4 Å². The smallest absolute Gasteiger partial charge is 0.304 e. The van der Waals surface area contributed by atoms with E-state index in [4.69, 9.17) is 0 Å². The van der Waals surface area contributed by atoms with Gasteiger partial charge in [0.1, 0.15) is 0 Å². The summed E-state index contributed by atoms with van der Waals surface area (Å²) in [6.07, 6.45) is -0.489. The minimum atomic E-state index is -1.13. The van der Waals surface area contributed by atoms with Crippen LogP contribution in [0.3, 0.4) is 0 Å². The molecule has 3 unspecified atom stereocenters. The van der Waals surface area contributed by atoms with Crippen LogP contribution in [0.2, 0.25) is 0 Å². The van der Waals surface area contributed by atoms with Crippen LogP contribution in [0.5, 0.6) is 0 Å². The lowest BCUT2D eigenvalue weighted by atomic mass is 9.56. The summed E-state index contributed by atoms with van der Waals surface area (Å²) >= 11 is 13.4. The minimum absolute atomic E-state index is 0.347. The highest BCUT2D eigenvalue weighted by Crippen LogP contribution is 2.56. The van der Waals surface area contributed by atoms with Crippen molar-refractivity contribution in [1.29, 1.82) is 0 Å². The lowest BCUT2D eigenvalue weighted by Crippen LogP contribution is -2.58. The Labute approximate surface area is 158 Å². The molecular formula is C15H26O6S3. The Balaban J connectivity index is 6.33. The van der Waals surface area contributed by atoms with E-state index >= 15 is 0 Å². The number of hydrogen-bond acceptors (Lipinski definition) is 6. The first kappa shape index (κ1) is 23.5. The van der Waals surface area contributed by atoms with Crippen LogP contribution < -0.4 is 0 Å². The molecule has 0 aliphatic rings. The van der Waals surface area contributed by atoms with Gasteiger partial charge in [-0.25, -0.2) is 0 Å². The molecule has 0 radical (unpaired) electrons. The van der Waals surface area contributed by atoms with E-state index in [-0.39, 0.29) is 19.3 Å². The molecule has 0 heterocycles. The van der Waals surface area contributed by atoms with Crippen LogP contribution in [0.15, 0.2) is 0 Å². The topological polar surface area (TPSA) is 112 Å². The van der Waals surface area contributed by atoms with Crippen LogP contribution in [0.4, 0.5) is 0 Å². The van der Waals surface area contributed by atoms with E-state index in [0.717, 1.165) is 0 Å². The normalized spacial score (nSPS) is 18.2. The summed E-state index contributed by atoms with van der Waals surface area (Å²) < 4.78 is 0. The maximum Gasteiger partial charge on any atom is 0.304 e. The number of thiol groups is 3. The summed E-state index contributed by atoms with van der Waals surface area (Å²) in [5.74, 6) is -3.30. The fourth-order valence-electron chi connectivity index (χ4n) is 3.33. The Morgan fingerprint density at radius 2 is 1.04 bits per heavy atom. The zero-order chi connectivity index (χ0) is 19.3. The number of rotatable bonds is 11. The maximum absolute atomic E-state index is 11.2. The average molecular weight is 399 g/mol. The Hall–Kier alpha value is -0.540. The highest BCUT2D eigenvalue weighted by molar-refractivity contribution is 7.83. The van der Waals surface area contributed by atoms with Gasteiger partial charge in [0.05, 0.1) is 19.3 Å². The van der Waals surface area contributed by atoms with E-state index in [1.165, 1.54) is 0 Å². The summed E-state index contributed by atoms with van der Waals surface area (Å²) in [7, 11) is 0. The van der Waals surface area contributed by atoms with Crippen molar-refractivity contribution in [2.45, 2.75) is 62.2 Å². The molecule has 0 aliphatic heterocycles. The molecule has 3 N–H and O–H groups in total. The highest BCUT2D eigenvalue weighted by Gasteiger charge is 2.57. The molecule has 0 bridgehead atoms. The van der Waals surface area contributed by atoms with Gasteiger partial charge in [-0.05, 0) is 5.41 Å². The molecule has 24 heavy (non-hydrogen) atoms. The van der Waals surface area contributed by atoms with E-state index in [9.17, 15) is 29.7 Å². The van der Waals surface area contributed by atoms with Crippen molar-refractivity contribution in [1.82, 2.24) is 0 Å². The number of carboxylic acid groups (broad SMARTS) is 3. The van der Waals surface area contributed by atoms with E-state index in [2.05, 4.69) is 37.9 Å². The summed E-state index contributed by atoms with van der Waals surface area (Å²) in [5, 5.41) is 25.1. The molecule has 140 valence electrons. The fraction of sp³-hybridized carbons (Fsp3) is 0.800. The van der Waals surface area contributed by atoms with Crippen molar-refractivity contribution < 1.29 is 29.7 Å². The molecule has 0 fully saturated rings. The number of carboxylic acids is 3. The van der Waals surface area contributed by atoms with E-state index in [0.29, 0.717) is 6.42 Å². The molecule has 0 aromatic heterocycles. The van der Waals surface area contributed by atoms with Gasteiger partial charge in [0.2, 0.25) is 0 Å². The van der Waals surface area contributed by atoms with Gasteiger partial charge in [0.25, 0.3) is 0 Å². The molecule has 3 atom stereocenters. The van der Waals surface area contributed by atoms with E-state index in [1.807, 2.05) is 20.8 Å². The third-order valence-corrected chi connectivity index (χ3v) is 6.64. The summed E-state index contributed by atoms with van der Waals surface area (Å²) in [4.78, 5) is 33.7. The predicted octanol–water partition coefficient (Wildman–Crippen LogP) is 2.73. The van der Waals surface area contributed by atoms with Crippen LogP contribution in [0, 0.1) is 10.8 Å². The molecular weight excluding hydrogens is 372 g/mol. The lowest BCUT2D eigenvalue weighted by Gasteiger charge is -2.56. The average Bonchev–Trinajstić information content (AvgIpc) is 2.35. The predicted molar refractivity (Wildman–Crippen MR) is 102 cm³/mol. The van der Waals surface area contributed by atoms with Crippen LogP contribution in [0.25, 0.3) is 0 Å². The van der Waals surface area contributed by atoms with Crippen LogP contribution >= 0.6 is 37.9 Å². The molecule has 0 rings (SSSR count). The SMILES string of the molecule is CCC(C)(C)C(C(S)CC(=O)O)(C(S)CC(=O)O)C(S)CC(=O)O.